The van der Waals surface area contributed by atoms with Crippen molar-refractivity contribution in [2.24, 2.45) is 0 Å². The summed E-state index contributed by atoms with van der Waals surface area (Å²) in [6.45, 7) is 4.02. The summed E-state index contributed by atoms with van der Waals surface area (Å²) in [6.07, 6.45) is 0. The van der Waals surface area contributed by atoms with Crippen LogP contribution in [0.5, 0.6) is 17.2 Å². The van der Waals surface area contributed by atoms with Gasteiger partial charge in [-0.15, -0.1) is 0 Å². The third kappa shape index (κ3) is 2.62. The number of ether oxygens (including phenoxy) is 3. The molecule has 0 saturated carbocycles. The van der Waals surface area contributed by atoms with Gasteiger partial charge in [0.2, 0.25) is 6.79 Å². The van der Waals surface area contributed by atoms with Crippen LogP contribution < -0.4 is 14.2 Å². The quantitative estimate of drug-likeness (QED) is 0.296. The van der Waals surface area contributed by atoms with Crippen molar-refractivity contribution in [3.8, 4) is 17.2 Å². The highest BCUT2D eigenvalue weighted by Gasteiger charge is 2.20. The van der Waals surface area contributed by atoms with E-state index in [9.17, 15) is 4.79 Å². The number of aromatic nitrogens is 2. The number of hydrogen-bond donors (Lipinski definition) is 0. The molecule has 0 fully saturated rings. The monoisotopic (exact) mass is 372 g/mol. The first kappa shape index (κ1) is 16.5. The maximum atomic E-state index is 12.8. The van der Waals surface area contributed by atoms with Crippen molar-refractivity contribution in [3.63, 3.8) is 0 Å². The maximum absolute atomic E-state index is 12.8. The van der Waals surface area contributed by atoms with E-state index in [2.05, 4.69) is 0 Å². The van der Waals surface area contributed by atoms with Crippen molar-refractivity contribution in [2.75, 3.05) is 6.79 Å². The first-order valence-electron chi connectivity index (χ1n) is 8.89. The van der Waals surface area contributed by atoms with E-state index in [1.165, 1.54) is 0 Å². The highest BCUT2D eigenvalue weighted by Crippen LogP contribution is 2.34. The molecule has 0 N–H and O–H groups in total. The SMILES string of the molecule is Cc1cc(C)c2nc3ccccc3nc2c1OC(=O)c1ccc2c(c1)OCO2. The average Bonchev–Trinajstić information content (AvgIpc) is 3.17. The molecule has 0 bridgehead atoms. The molecule has 0 radical (unpaired) electrons. The van der Waals surface area contributed by atoms with Gasteiger partial charge in [0.05, 0.1) is 22.1 Å². The Morgan fingerprint density at radius 1 is 0.893 bits per heavy atom. The van der Waals surface area contributed by atoms with Crippen LogP contribution in [0.25, 0.3) is 22.1 Å². The summed E-state index contributed by atoms with van der Waals surface area (Å²) in [7, 11) is 0. The predicted octanol–water partition coefficient (Wildman–Crippen LogP) is 4.35. The van der Waals surface area contributed by atoms with E-state index >= 15 is 0 Å². The van der Waals surface area contributed by atoms with Crippen LogP contribution in [0.2, 0.25) is 0 Å². The zero-order valence-corrected chi connectivity index (χ0v) is 15.4. The van der Waals surface area contributed by atoms with Crippen molar-refractivity contribution in [1.29, 1.82) is 0 Å². The van der Waals surface area contributed by atoms with E-state index in [-0.39, 0.29) is 6.79 Å². The van der Waals surface area contributed by atoms with E-state index in [4.69, 9.17) is 24.2 Å². The second-order valence-electron chi connectivity index (χ2n) is 6.71. The van der Waals surface area contributed by atoms with Gasteiger partial charge < -0.3 is 14.2 Å². The van der Waals surface area contributed by atoms with Crippen LogP contribution in [0.1, 0.15) is 21.5 Å². The van der Waals surface area contributed by atoms with Gasteiger partial charge in [-0.05, 0) is 55.3 Å². The molecule has 6 heteroatoms. The van der Waals surface area contributed by atoms with E-state index in [1.54, 1.807) is 18.2 Å². The number of para-hydroxylation sites is 2. The van der Waals surface area contributed by atoms with Crippen LogP contribution in [0.3, 0.4) is 0 Å². The van der Waals surface area contributed by atoms with Crippen molar-refractivity contribution in [1.82, 2.24) is 9.97 Å². The molecule has 0 unspecified atom stereocenters. The van der Waals surface area contributed by atoms with Gasteiger partial charge in [-0.25, -0.2) is 14.8 Å². The Morgan fingerprint density at radius 2 is 1.61 bits per heavy atom. The van der Waals surface area contributed by atoms with E-state index in [0.29, 0.717) is 28.3 Å². The Labute approximate surface area is 160 Å². The maximum Gasteiger partial charge on any atom is 0.343 e. The Bertz CT molecular complexity index is 1270. The Balaban J connectivity index is 1.61. The minimum Gasteiger partial charge on any atom is -0.454 e. The molecular weight excluding hydrogens is 356 g/mol. The second-order valence-corrected chi connectivity index (χ2v) is 6.71. The number of nitrogens with zero attached hydrogens (tertiary/aromatic N) is 2. The minimum absolute atomic E-state index is 0.151. The molecule has 0 amide bonds. The lowest BCUT2D eigenvalue weighted by molar-refractivity contribution is 0.0735. The van der Waals surface area contributed by atoms with Crippen molar-refractivity contribution in [2.45, 2.75) is 13.8 Å². The third-order valence-electron chi connectivity index (χ3n) is 4.75. The Hall–Kier alpha value is -3.67. The minimum atomic E-state index is -0.485. The molecule has 138 valence electrons. The molecule has 5 rings (SSSR count). The van der Waals surface area contributed by atoms with Gasteiger partial charge in [0, 0.05) is 0 Å². The number of aryl methyl sites for hydroxylation is 2. The number of carbonyl (C=O) groups excluding carboxylic acids is 1. The summed E-state index contributed by atoms with van der Waals surface area (Å²) in [4.78, 5) is 22.2. The number of esters is 1. The van der Waals surface area contributed by atoms with Crippen molar-refractivity contribution in [3.05, 3.63) is 65.2 Å². The van der Waals surface area contributed by atoms with Gasteiger partial charge in [-0.1, -0.05) is 18.2 Å². The van der Waals surface area contributed by atoms with Gasteiger partial charge in [0.25, 0.3) is 0 Å². The first-order valence-corrected chi connectivity index (χ1v) is 8.89. The fourth-order valence-electron chi connectivity index (χ4n) is 3.38. The summed E-state index contributed by atoms with van der Waals surface area (Å²) in [5.41, 5.74) is 5.03. The second kappa shape index (κ2) is 6.20. The van der Waals surface area contributed by atoms with Gasteiger partial charge in [0.15, 0.2) is 17.2 Å². The van der Waals surface area contributed by atoms with Crippen LogP contribution in [-0.2, 0) is 0 Å². The number of rotatable bonds is 2. The van der Waals surface area contributed by atoms with Crippen LogP contribution in [0.4, 0.5) is 0 Å². The van der Waals surface area contributed by atoms with E-state index in [0.717, 1.165) is 27.7 Å². The van der Waals surface area contributed by atoms with Gasteiger partial charge in [-0.3, -0.25) is 0 Å². The highest BCUT2D eigenvalue weighted by molar-refractivity contribution is 5.97. The van der Waals surface area contributed by atoms with Gasteiger partial charge >= 0.3 is 5.97 Å². The first-order chi connectivity index (χ1) is 13.6. The number of fused-ring (bicyclic) bond motifs is 3. The van der Waals surface area contributed by atoms with Crippen LogP contribution in [-0.4, -0.2) is 22.7 Å². The van der Waals surface area contributed by atoms with Crippen LogP contribution >= 0.6 is 0 Å². The normalized spacial score (nSPS) is 12.5. The fourth-order valence-corrected chi connectivity index (χ4v) is 3.38. The van der Waals surface area contributed by atoms with Gasteiger partial charge in [-0.2, -0.15) is 0 Å². The molecule has 28 heavy (non-hydrogen) atoms. The molecular formula is C22H16N2O4. The molecule has 0 spiro atoms. The molecule has 2 heterocycles. The third-order valence-corrected chi connectivity index (χ3v) is 4.75. The molecule has 0 atom stereocenters. The van der Waals surface area contributed by atoms with Gasteiger partial charge in [0.1, 0.15) is 5.52 Å². The zero-order chi connectivity index (χ0) is 19.3. The number of benzene rings is 3. The largest absolute Gasteiger partial charge is 0.454 e. The van der Waals surface area contributed by atoms with E-state index < -0.39 is 5.97 Å². The van der Waals surface area contributed by atoms with Crippen LogP contribution in [0, 0.1) is 13.8 Å². The standard InChI is InChI=1S/C22H16N2O4/c1-12-9-13(2)21(20-19(12)23-15-5-3-4-6-16(15)24-20)28-22(25)14-7-8-17-18(10-14)27-11-26-17/h3-10H,11H2,1-2H3. The topological polar surface area (TPSA) is 70.5 Å². The predicted molar refractivity (Wildman–Crippen MR) is 104 cm³/mol. The number of hydrogen-bond acceptors (Lipinski definition) is 6. The zero-order valence-electron chi connectivity index (χ0n) is 15.4. The van der Waals surface area contributed by atoms with E-state index in [1.807, 2.05) is 44.2 Å². The number of carbonyl (C=O) groups is 1. The van der Waals surface area contributed by atoms with Crippen LogP contribution in [0.15, 0.2) is 48.5 Å². The highest BCUT2D eigenvalue weighted by atomic mass is 16.7. The fraction of sp³-hybridized carbons (Fsp3) is 0.136. The average molecular weight is 372 g/mol. The molecule has 1 aromatic heterocycles. The summed E-state index contributed by atoms with van der Waals surface area (Å²) < 4.78 is 16.4. The summed E-state index contributed by atoms with van der Waals surface area (Å²) in [6, 6.07) is 14.6. The van der Waals surface area contributed by atoms with Crippen molar-refractivity contribution < 1.29 is 19.0 Å². The molecule has 6 nitrogen and oxygen atoms in total. The molecule has 0 saturated heterocycles. The Kier molecular flexibility index (Phi) is 3.65. The molecule has 3 aromatic carbocycles. The smallest absolute Gasteiger partial charge is 0.343 e. The molecule has 1 aliphatic rings. The molecule has 1 aliphatic heterocycles. The molecule has 4 aromatic rings. The Morgan fingerprint density at radius 3 is 2.39 bits per heavy atom. The van der Waals surface area contributed by atoms with Crippen molar-refractivity contribution >= 4 is 28.0 Å². The lowest BCUT2D eigenvalue weighted by atomic mass is 10.1. The summed E-state index contributed by atoms with van der Waals surface area (Å²) >= 11 is 0. The lowest BCUT2D eigenvalue weighted by Gasteiger charge is -2.13. The molecule has 0 aliphatic carbocycles. The summed E-state index contributed by atoms with van der Waals surface area (Å²) in [5, 5.41) is 0. The lowest BCUT2D eigenvalue weighted by Crippen LogP contribution is -2.10. The summed E-state index contributed by atoms with van der Waals surface area (Å²) in [5.74, 6) is 1.08.